The van der Waals surface area contributed by atoms with E-state index in [1.165, 1.54) is 24.5 Å². The Morgan fingerprint density at radius 2 is 1.32 bits per heavy atom. The number of nitrogens with one attached hydrogen (secondary N) is 2. The van der Waals surface area contributed by atoms with Crippen molar-refractivity contribution in [1.82, 2.24) is 9.97 Å². The van der Waals surface area contributed by atoms with E-state index in [9.17, 15) is 9.59 Å². The maximum Gasteiger partial charge on any atom is 0.355 e. The van der Waals surface area contributed by atoms with E-state index in [0.29, 0.717) is 10.0 Å². The van der Waals surface area contributed by atoms with E-state index in [1.54, 1.807) is 12.2 Å². The number of carbonyl (C=O) groups excluding carboxylic acids is 2. The molecule has 6 nitrogen and oxygen atoms in total. The lowest BCUT2D eigenvalue weighted by Gasteiger charge is -2.00. The van der Waals surface area contributed by atoms with Gasteiger partial charge >= 0.3 is 11.9 Å². The molecule has 2 N–H and O–H groups in total. The summed E-state index contributed by atoms with van der Waals surface area (Å²) in [6.07, 6.45) is 6.11. The van der Waals surface area contributed by atoms with Gasteiger partial charge in [0.2, 0.25) is 0 Å². The molecule has 0 amide bonds. The van der Waals surface area contributed by atoms with Crippen LogP contribution in [-0.2, 0) is 9.47 Å². The van der Waals surface area contributed by atoms with Gasteiger partial charge in [0, 0.05) is 12.4 Å². The van der Waals surface area contributed by atoms with Crippen molar-refractivity contribution in [3.63, 3.8) is 0 Å². The zero-order chi connectivity index (χ0) is 15.9. The smallest absolute Gasteiger partial charge is 0.355 e. The van der Waals surface area contributed by atoms with Crippen molar-refractivity contribution in [3.05, 3.63) is 58.1 Å². The molecule has 2 aromatic heterocycles. The summed E-state index contributed by atoms with van der Waals surface area (Å²) in [4.78, 5) is 28.4. The van der Waals surface area contributed by atoms with Gasteiger partial charge in [-0.15, -0.1) is 0 Å². The van der Waals surface area contributed by atoms with Gasteiger partial charge in [-0.05, 0) is 24.3 Å². The molecule has 0 aliphatic rings. The first-order valence-electron chi connectivity index (χ1n) is 6.23. The largest absolute Gasteiger partial charge is 0.457 e. The highest BCUT2D eigenvalue weighted by Gasteiger charge is 2.09. The van der Waals surface area contributed by atoms with Gasteiger partial charge in [-0.2, -0.15) is 0 Å². The van der Waals surface area contributed by atoms with E-state index >= 15 is 0 Å². The standard InChI is InChI=1S/C14H12Cl2N2O4/c15-9-5-11(17-7-9)13(19)21-3-1-2-4-22-14(20)12-6-10(16)8-18-12/h1-2,5-8,17-18H,3-4H2. The number of aromatic nitrogens is 2. The monoisotopic (exact) mass is 342 g/mol. The molecule has 22 heavy (non-hydrogen) atoms. The van der Waals surface area contributed by atoms with Gasteiger partial charge in [0.25, 0.3) is 0 Å². The van der Waals surface area contributed by atoms with Gasteiger partial charge in [0.1, 0.15) is 24.6 Å². The summed E-state index contributed by atoms with van der Waals surface area (Å²) >= 11 is 11.4. The fraction of sp³-hybridized carbons (Fsp3) is 0.143. The number of halogens is 2. The fourth-order valence-electron chi connectivity index (χ4n) is 1.51. The molecule has 2 rings (SSSR count). The Labute approximate surface area is 136 Å². The van der Waals surface area contributed by atoms with Crippen LogP contribution in [0.25, 0.3) is 0 Å². The molecule has 2 aromatic rings. The minimum Gasteiger partial charge on any atom is -0.457 e. The predicted molar refractivity (Wildman–Crippen MR) is 81.3 cm³/mol. The number of aromatic amines is 2. The summed E-state index contributed by atoms with van der Waals surface area (Å²) in [5.41, 5.74) is 0.543. The Morgan fingerprint density at radius 3 is 1.64 bits per heavy atom. The van der Waals surface area contributed by atoms with E-state index in [2.05, 4.69) is 9.97 Å². The molecular weight excluding hydrogens is 331 g/mol. The molecule has 0 spiro atoms. The van der Waals surface area contributed by atoms with Gasteiger partial charge in [-0.25, -0.2) is 9.59 Å². The summed E-state index contributed by atoms with van der Waals surface area (Å²) in [5.74, 6) is -1.04. The van der Waals surface area contributed by atoms with Gasteiger partial charge in [-0.3, -0.25) is 0 Å². The van der Waals surface area contributed by atoms with Crippen LogP contribution in [0.3, 0.4) is 0 Å². The second kappa shape index (κ2) is 7.72. The van der Waals surface area contributed by atoms with Crippen molar-refractivity contribution in [2.24, 2.45) is 0 Å². The quantitative estimate of drug-likeness (QED) is 0.623. The van der Waals surface area contributed by atoms with Gasteiger partial charge < -0.3 is 19.4 Å². The summed E-state index contributed by atoms with van der Waals surface area (Å²) < 4.78 is 9.91. The number of ether oxygens (including phenoxy) is 2. The minimum absolute atomic E-state index is 0.0569. The lowest BCUT2D eigenvalue weighted by molar-refractivity contribution is 0.0521. The number of rotatable bonds is 6. The Kier molecular flexibility index (Phi) is 5.68. The van der Waals surface area contributed by atoms with Gasteiger partial charge in [0.15, 0.2) is 0 Å². The molecule has 2 heterocycles. The lowest BCUT2D eigenvalue weighted by atomic mass is 10.4. The number of carbonyl (C=O) groups is 2. The highest BCUT2D eigenvalue weighted by molar-refractivity contribution is 6.31. The van der Waals surface area contributed by atoms with Crippen LogP contribution in [0.1, 0.15) is 21.0 Å². The lowest BCUT2D eigenvalue weighted by Crippen LogP contribution is -2.07. The van der Waals surface area contributed by atoms with Gasteiger partial charge in [0.05, 0.1) is 10.0 Å². The zero-order valence-corrected chi connectivity index (χ0v) is 12.8. The summed E-state index contributed by atoms with van der Waals surface area (Å²) in [7, 11) is 0. The molecule has 0 saturated carbocycles. The van der Waals surface area contributed by atoms with E-state index < -0.39 is 11.9 Å². The average Bonchev–Trinajstić information content (AvgIpc) is 3.11. The first-order valence-corrected chi connectivity index (χ1v) is 6.99. The summed E-state index contributed by atoms with van der Waals surface area (Å²) in [6.45, 7) is 0.114. The van der Waals surface area contributed by atoms with E-state index in [4.69, 9.17) is 32.7 Å². The van der Waals surface area contributed by atoms with Crippen LogP contribution in [0.2, 0.25) is 10.0 Å². The van der Waals surface area contributed by atoms with Crippen LogP contribution < -0.4 is 0 Å². The third-order valence-electron chi connectivity index (χ3n) is 2.52. The molecule has 0 aliphatic heterocycles. The van der Waals surface area contributed by atoms with Crippen LogP contribution >= 0.6 is 23.2 Å². The molecule has 0 unspecified atom stereocenters. The van der Waals surface area contributed by atoms with Crippen LogP contribution in [0.15, 0.2) is 36.7 Å². The van der Waals surface area contributed by atoms with Gasteiger partial charge in [-0.1, -0.05) is 23.2 Å². The Morgan fingerprint density at radius 1 is 0.909 bits per heavy atom. The second-order valence-corrected chi connectivity index (χ2v) is 5.00. The minimum atomic E-state index is -0.519. The predicted octanol–water partition coefficient (Wildman–Crippen LogP) is 3.22. The Balaban J connectivity index is 1.66. The van der Waals surface area contributed by atoms with E-state index in [1.807, 2.05) is 0 Å². The van der Waals surface area contributed by atoms with Crippen molar-refractivity contribution in [2.45, 2.75) is 0 Å². The maximum absolute atomic E-state index is 11.5. The van der Waals surface area contributed by atoms with Crippen LogP contribution in [-0.4, -0.2) is 35.1 Å². The Hall–Kier alpha value is -2.18. The zero-order valence-electron chi connectivity index (χ0n) is 11.3. The first kappa shape index (κ1) is 16.2. The Bertz CT molecular complexity index is 632. The fourth-order valence-corrected chi connectivity index (χ4v) is 1.84. The molecule has 0 radical (unpaired) electrons. The van der Waals surface area contributed by atoms with Crippen molar-refractivity contribution < 1.29 is 19.1 Å². The molecule has 116 valence electrons. The number of hydrogen-bond acceptors (Lipinski definition) is 4. The third-order valence-corrected chi connectivity index (χ3v) is 2.96. The van der Waals surface area contributed by atoms with Crippen LogP contribution in [0.4, 0.5) is 0 Å². The number of esters is 2. The number of hydrogen-bond donors (Lipinski definition) is 2. The first-order chi connectivity index (χ1) is 10.6. The molecule has 0 bridgehead atoms. The van der Waals surface area contributed by atoms with E-state index in [-0.39, 0.29) is 24.6 Å². The maximum atomic E-state index is 11.5. The van der Waals surface area contributed by atoms with Crippen molar-refractivity contribution in [3.8, 4) is 0 Å². The van der Waals surface area contributed by atoms with Crippen molar-refractivity contribution >= 4 is 35.1 Å². The highest BCUT2D eigenvalue weighted by Crippen LogP contribution is 2.11. The third kappa shape index (κ3) is 4.68. The molecule has 0 atom stereocenters. The molecule has 8 heteroatoms. The normalized spacial score (nSPS) is 10.8. The van der Waals surface area contributed by atoms with Crippen LogP contribution in [0, 0.1) is 0 Å². The molecule has 0 aliphatic carbocycles. The van der Waals surface area contributed by atoms with E-state index in [0.717, 1.165) is 0 Å². The molecule has 0 fully saturated rings. The molecule has 0 saturated heterocycles. The van der Waals surface area contributed by atoms with Crippen LogP contribution in [0.5, 0.6) is 0 Å². The summed E-state index contributed by atoms with van der Waals surface area (Å²) in [6, 6.07) is 2.94. The van der Waals surface area contributed by atoms with Crippen molar-refractivity contribution in [1.29, 1.82) is 0 Å². The number of H-pyrrole nitrogens is 2. The SMILES string of the molecule is O=C(OCC=CCOC(=O)c1cc(Cl)c[nH]1)c1cc(Cl)c[nH]1. The average molecular weight is 343 g/mol. The molecule has 0 aromatic carbocycles. The topological polar surface area (TPSA) is 84.2 Å². The van der Waals surface area contributed by atoms with Crippen molar-refractivity contribution in [2.75, 3.05) is 13.2 Å². The summed E-state index contributed by atoms with van der Waals surface area (Å²) in [5, 5.41) is 0.859. The molecular formula is C14H12Cl2N2O4. The second-order valence-electron chi connectivity index (χ2n) is 4.13. The highest BCUT2D eigenvalue weighted by atomic mass is 35.5.